The second kappa shape index (κ2) is 10.9. The molecule has 30 heavy (non-hydrogen) atoms. The summed E-state index contributed by atoms with van der Waals surface area (Å²) in [5.74, 6) is -1.30. The van der Waals surface area contributed by atoms with Crippen LogP contribution in [0.15, 0.2) is 16.8 Å². The fourth-order valence-corrected chi connectivity index (χ4v) is 5.12. The van der Waals surface area contributed by atoms with Crippen LogP contribution in [0.3, 0.4) is 0 Å². The zero-order chi connectivity index (χ0) is 22.3. The highest BCUT2D eigenvalue weighted by atomic mass is 32.2. The van der Waals surface area contributed by atoms with Crippen molar-refractivity contribution < 1.29 is 23.9 Å². The van der Waals surface area contributed by atoms with Crippen molar-refractivity contribution in [3.05, 3.63) is 22.4 Å². The van der Waals surface area contributed by atoms with Crippen LogP contribution >= 0.6 is 23.1 Å². The van der Waals surface area contributed by atoms with Gasteiger partial charge in [-0.3, -0.25) is 14.4 Å². The molecule has 1 aliphatic carbocycles. The number of thiophene rings is 1. The van der Waals surface area contributed by atoms with E-state index in [1.165, 1.54) is 25.4 Å². The Bertz CT molecular complexity index is 757. The summed E-state index contributed by atoms with van der Waals surface area (Å²) in [4.78, 5) is 50.1. The zero-order valence-electron chi connectivity index (χ0n) is 17.9. The number of carbonyl (C=O) groups is 4. The molecule has 1 fully saturated rings. The molecular formula is C21H30N2O5S2. The lowest BCUT2D eigenvalue weighted by atomic mass is 9.94. The molecule has 166 valence electrons. The van der Waals surface area contributed by atoms with Crippen LogP contribution in [-0.2, 0) is 30.3 Å². The zero-order valence-corrected chi connectivity index (χ0v) is 19.5. The van der Waals surface area contributed by atoms with Crippen molar-refractivity contribution >= 4 is 46.0 Å². The van der Waals surface area contributed by atoms with Gasteiger partial charge in [0.25, 0.3) is 0 Å². The number of ether oxygens (including phenoxy) is 1. The molecule has 1 saturated carbocycles. The van der Waals surface area contributed by atoms with Crippen LogP contribution in [0.25, 0.3) is 0 Å². The first-order valence-electron chi connectivity index (χ1n) is 10.1. The van der Waals surface area contributed by atoms with E-state index in [9.17, 15) is 19.2 Å². The van der Waals surface area contributed by atoms with Gasteiger partial charge in [0.2, 0.25) is 11.8 Å². The molecule has 0 radical (unpaired) electrons. The standard InChI is InChI=1S/C21H30N2O5S2/c1-13(2)17(30-14(3)24)18(25)23-21(8-5-6-9-21)20(27)22-16(19(26)28-4)11-15-7-10-29-12-15/h7,10,12-13,16-17H,5-6,8-9,11H2,1-4H3,(H,22,27)(H,23,25)/t16-,17-/m0/s1. The quantitative estimate of drug-likeness (QED) is 0.556. The van der Waals surface area contributed by atoms with E-state index in [1.807, 2.05) is 30.7 Å². The molecule has 7 nitrogen and oxygen atoms in total. The van der Waals surface area contributed by atoms with Crippen LogP contribution in [0, 0.1) is 5.92 Å². The number of rotatable bonds is 9. The Morgan fingerprint density at radius 1 is 1.23 bits per heavy atom. The van der Waals surface area contributed by atoms with Gasteiger partial charge < -0.3 is 15.4 Å². The molecule has 2 amide bonds. The molecule has 0 spiro atoms. The predicted molar refractivity (Wildman–Crippen MR) is 118 cm³/mol. The van der Waals surface area contributed by atoms with E-state index >= 15 is 0 Å². The number of thioether (sulfide) groups is 1. The summed E-state index contributed by atoms with van der Waals surface area (Å²) in [6, 6.07) is 1.06. The maximum absolute atomic E-state index is 13.3. The van der Waals surface area contributed by atoms with Gasteiger partial charge in [0.1, 0.15) is 11.6 Å². The molecule has 1 aromatic heterocycles. The summed E-state index contributed by atoms with van der Waals surface area (Å²) in [6.45, 7) is 5.17. The van der Waals surface area contributed by atoms with Gasteiger partial charge in [0.05, 0.1) is 12.4 Å². The summed E-state index contributed by atoms with van der Waals surface area (Å²) in [6.07, 6.45) is 2.90. The van der Waals surface area contributed by atoms with Crippen molar-refractivity contribution in [1.82, 2.24) is 10.6 Å². The van der Waals surface area contributed by atoms with E-state index in [2.05, 4.69) is 10.6 Å². The number of hydrogen-bond acceptors (Lipinski definition) is 7. The fourth-order valence-electron chi connectivity index (χ4n) is 3.64. The molecule has 0 aromatic carbocycles. The van der Waals surface area contributed by atoms with Gasteiger partial charge in [-0.1, -0.05) is 38.5 Å². The summed E-state index contributed by atoms with van der Waals surface area (Å²) >= 11 is 2.49. The maximum atomic E-state index is 13.3. The van der Waals surface area contributed by atoms with Gasteiger partial charge in [-0.2, -0.15) is 11.3 Å². The molecule has 2 atom stereocenters. The first-order valence-corrected chi connectivity index (χ1v) is 11.9. The minimum atomic E-state index is -1.08. The van der Waals surface area contributed by atoms with Gasteiger partial charge in [-0.05, 0) is 41.1 Å². The third-order valence-electron chi connectivity index (χ3n) is 5.22. The Balaban J connectivity index is 2.17. The number of hydrogen-bond donors (Lipinski definition) is 2. The summed E-state index contributed by atoms with van der Waals surface area (Å²) in [5.41, 5.74) is -0.152. The number of methoxy groups -OCH3 is 1. The smallest absolute Gasteiger partial charge is 0.328 e. The normalized spacial score (nSPS) is 17.2. The Hall–Kier alpha value is -1.87. The van der Waals surface area contributed by atoms with Crippen LogP contribution in [0.4, 0.5) is 0 Å². The molecule has 1 aliphatic rings. The van der Waals surface area contributed by atoms with E-state index in [0.717, 1.165) is 30.2 Å². The van der Waals surface area contributed by atoms with Crippen molar-refractivity contribution in [2.45, 2.75) is 69.7 Å². The van der Waals surface area contributed by atoms with E-state index in [0.29, 0.717) is 19.3 Å². The molecule has 9 heteroatoms. The molecule has 1 aromatic rings. The van der Waals surface area contributed by atoms with Crippen LogP contribution in [0.2, 0.25) is 0 Å². The van der Waals surface area contributed by atoms with Gasteiger partial charge in [-0.15, -0.1) is 0 Å². The molecule has 2 N–H and O–H groups in total. The SMILES string of the molecule is COC(=O)[C@H](Cc1ccsc1)NC(=O)C1(NC(=O)[C@@H](SC(C)=O)C(C)C)CCCC1. The third-order valence-corrected chi connectivity index (χ3v) is 7.30. The minimum absolute atomic E-state index is 0.0678. The highest BCUT2D eigenvalue weighted by molar-refractivity contribution is 8.14. The first-order chi connectivity index (χ1) is 14.2. The predicted octanol–water partition coefficient (Wildman–Crippen LogP) is 2.68. The molecule has 0 aliphatic heterocycles. The molecule has 0 unspecified atom stereocenters. The van der Waals surface area contributed by atoms with E-state index < -0.39 is 22.8 Å². The first kappa shape index (κ1) is 24.4. The van der Waals surface area contributed by atoms with Crippen LogP contribution in [0.5, 0.6) is 0 Å². The van der Waals surface area contributed by atoms with E-state index in [1.54, 1.807) is 0 Å². The van der Waals surface area contributed by atoms with Crippen LogP contribution in [-0.4, -0.2) is 46.8 Å². The molecule has 0 bridgehead atoms. The van der Waals surface area contributed by atoms with E-state index in [4.69, 9.17) is 4.74 Å². The Labute approximate surface area is 185 Å². The highest BCUT2D eigenvalue weighted by Crippen LogP contribution is 2.32. The lowest BCUT2D eigenvalue weighted by Gasteiger charge is -2.32. The third kappa shape index (κ3) is 6.31. The molecule has 1 heterocycles. The van der Waals surface area contributed by atoms with Crippen molar-refractivity contribution in [2.24, 2.45) is 5.92 Å². The van der Waals surface area contributed by atoms with Crippen molar-refractivity contribution in [3.63, 3.8) is 0 Å². The average molecular weight is 455 g/mol. The van der Waals surface area contributed by atoms with E-state index in [-0.39, 0.29) is 22.8 Å². The van der Waals surface area contributed by atoms with Crippen molar-refractivity contribution in [1.29, 1.82) is 0 Å². The van der Waals surface area contributed by atoms with Crippen molar-refractivity contribution in [2.75, 3.05) is 7.11 Å². The van der Waals surface area contributed by atoms with Crippen LogP contribution in [0.1, 0.15) is 52.0 Å². The monoisotopic (exact) mass is 454 g/mol. The Kier molecular flexibility index (Phi) is 8.91. The average Bonchev–Trinajstić information content (AvgIpc) is 3.37. The lowest BCUT2D eigenvalue weighted by Crippen LogP contribution is -2.61. The van der Waals surface area contributed by atoms with Gasteiger partial charge in [0.15, 0.2) is 5.12 Å². The highest BCUT2D eigenvalue weighted by Gasteiger charge is 2.45. The number of nitrogens with one attached hydrogen (secondary N) is 2. The Morgan fingerprint density at radius 2 is 1.90 bits per heavy atom. The summed E-state index contributed by atoms with van der Waals surface area (Å²) in [7, 11) is 1.29. The number of esters is 1. The van der Waals surface area contributed by atoms with Gasteiger partial charge in [0, 0.05) is 13.3 Å². The lowest BCUT2D eigenvalue weighted by molar-refractivity contribution is -0.146. The van der Waals surface area contributed by atoms with Crippen LogP contribution < -0.4 is 10.6 Å². The Morgan fingerprint density at radius 3 is 2.40 bits per heavy atom. The summed E-state index contributed by atoms with van der Waals surface area (Å²) < 4.78 is 4.87. The number of amides is 2. The largest absolute Gasteiger partial charge is 0.467 e. The minimum Gasteiger partial charge on any atom is -0.467 e. The maximum Gasteiger partial charge on any atom is 0.328 e. The molecular weight excluding hydrogens is 424 g/mol. The fraction of sp³-hybridized carbons (Fsp3) is 0.619. The van der Waals surface area contributed by atoms with Crippen molar-refractivity contribution in [3.8, 4) is 0 Å². The summed E-state index contributed by atoms with van der Waals surface area (Å²) in [5, 5.41) is 8.84. The van der Waals surface area contributed by atoms with Gasteiger partial charge >= 0.3 is 5.97 Å². The second-order valence-corrected chi connectivity index (χ2v) is 10.0. The van der Waals surface area contributed by atoms with Gasteiger partial charge in [-0.25, -0.2) is 4.79 Å². The number of carbonyl (C=O) groups excluding carboxylic acids is 4. The second-order valence-electron chi connectivity index (χ2n) is 7.94. The molecule has 0 saturated heterocycles. The topological polar surface area (TPSA) is 102 Å². The molecule has 2 rings (SSSR count).